The summed E-state index contributed by atoms with van der Waals surface area (Å²) in [5, 5.41) is 24.6. The minimum atomic E-state index is -0.447. The van der Waals surface area contributed by atoms with Gasteiger partial charge in [-0.2, -0.15) is 5.10 Å². The second-order valence-corrected chi connectivity index (χ2v) is 4.70. The Bertz CT molecular complexity index is 445. The van der Waals surface area contributed by atoms with Gasteiger partial charge in [-0.05, 0) is 26.2 Å². The highest BCUT2D eigenvalue weighted by Gasteiger charge is 2.31. The number of aromatic nitrogens is 2. The van der Waals surface area contributed by atoms with Crippen molar-refractivity contribution in [3.63, 3.8) is 0 Å². The Morgan fingerprint density at radius 3 is 3.00 bits per heavy atom. The highest BCUT2D eigenvalue weighted by molar-refractivity contribution is 5.34. The standard InChI is InChI=1S/C11H17N3O4/c1-7-5-8(15)3-4-10(18-7)11-9(14(16)17)6-12-13(11)2/h6-8,10,15H,3-5H2,1-2H3/t7-,8?,10-/m1/s1. The number of aryl methyl sites for hydroxylation is 1. The van der Waals surface area contributed by atoms with E-state index in [0.717, 1.165) is 0 Å². The highest BCUT2D eigenvalue weighted by Crippen LogP contribution is 2.34. The molecule has 1 aromatic heterocycles. The van der Waals surface area contributed by atoms with E-state index in [1.54, 1.807) is 7.05 Å². The minimum Gasteiger partial charge on any atom is -0.393 e. The predicted molar refractivity (Wildman–Crippen MR) is 63.0 cm³/mol. The third-order valence-corrected chi connectivity index (χ3v) is 3.23. The molecule has 1 unspecified atom stereocenters. The normalized spacial score (nSPS) is 28.9. The number of ether oxygens (including phenoxy) is 1. The Kier molecular flexibility index (Phi) is 3.63. The molecule has 2 heterocycles. The van der Waals surface area contributed by atoms with Gasteiger partial charge >= 0.3 is 5.69 Å². The van der Waals surface area contributed by atoms with Gasteiger partial charge in [0.1, 0.15) is 18.0 Å². The molecule has 0 spiro atoms. The highest BCUT2D eigenvalue weighted by atomic mass is 16.6. The van der Waals surface area contributed by atoms with E-state index in [9.17, 15) is 15.2 Å². The molecule has 0 radical (unpaired) electrons. The van der Waals surface area contributed by atoms with Gasteiger partial charge in [-0.3, -0.25) is 14.8 Å². The van der Waals surface area contributed by atoms with Gasteiger partial charge in [-0.15, -0.1) is 0 Å². The lowest BCUT2D eigenvalue weighted by Gasteiger charge is -2.18. The average molecular weight is 255 g/mol. The molecule has 7 nitrogen and oxygen atoms in total. The fourth-order valence-corrected chi connectivity index (χ4v) is 2.40. The zero-order chi connectivity index (χ0) is 13.3. The average Bonchev–Trinajstić information content (AvgIpc) is 2.58. The SMILES string of the molecule is C[C@@H]1CC(O)CC[C@H](c2c([N+](=O)[O-])cnn2C)O1. The van der Waals surface area contributed by atoms with Gasteiger partial charge in [0.2, 0.25) is 0 Å². The molecule has 0 aromatic carbocycles. The maximum Gasteiger partial charge on any atom is 0.312 e. The van der Waals surface area contributed by atoms with Crippen LogP contribution in [-0.4, -0.2) is 32.0 Å². The van der Waals surface area contributed by atoms with Gasteiger partial charge < -0.3 is 9.84 Å². The summed E-state index contributed by atoms with van der Waals surface area (Å²) in [7, 11) is 1.66. The lowest BCUT2D eigenvalue weighted by atomic mass is 10.1. The zero-order valence-corrected chi connectivity index (χ0v) is 10.4. The van der Waals surface area contributed by atoms with Crippen LogP contribution in [0.3, 0.4) is 0 Å². The van der Waals surface area contributed by atoms with E-state index in [1.807, 2.05) is 6.92 Å². The van der Waals surface area contributed by atoms with Crippen molar-refractivity contribution < 1.29 is 14.8 Å². The maximum atomic E-state index is 11.0. The fourth-order valence-electron chi connectivity index (χ4n) is 2.40. The molecular weight excluding hydrogens is 238 g/mol. The monoisotopic (exact) mass is 255 g/mol. The minimum absolute atomic E-state index is 0.0221. The van der Waals surface area contributed by atoms with Crippen LogP contribution in [0.15, 0.2) is 6.20 Å². The molecule has 18 heavy (non-hydrogen) atoms. The van der Waals surface area contributed by atoms with Crippen LogP contribution in [0, 0.1) is 10.1 Å². The lowest BCUT2D eigenvalue weighted by molar-refractivity contribution is -0.386. The molecule has 1 saturated heterocycles. The number of nitrogens with zero attached hydrogens (tertiary/aromatic N) is 3. The molecule has 0 aliphatic carbocycles. The topological polar surface area (TPSA) is 90.4 Å². The van der Waals surface area contributed by atoms with E-state index < -0.39 is 11.0 Å². The van der Waals surface area contributed by atoms with Crippen molar-refractivity contribution in [1.29, 1.82) is 0 Å². The van der Waals surface area contributed by atoms with Crippen LogP contribution in [0.25, 0.3) is 0 Å². The first-order valence-electron chi connectivity index (χ1n) is 5.99. The summed E-state index contributed by atoms with van der Waals surface area (Å²) in [5.41, 5.74) is 0.451. The first-order valence-corrected chi connectivity index (χ1v) is 5.99. The van der Waals surface area contributed by atoms with E-state index in [-0.39, 0.29) is 17.9 Å². The van der Waals surface area contributed by atoms with Gasteiger partial charge in [0.05, 0.1) is 17.1 Å². The largest absolute Gasteiger partial charge is 0.393 e. The number of nitro groups is 1. The molecule has 1 aliphatic heterocycles. The smallest absolute Gasteiger partial charge is 0.312 e. The Labute approximate surface area is 105 Å². The Balaban J connectivity index is 2.30. The van der Waals surface area contributed by atoms with Crippen molar-refractivity contribution in [2.45, 2.75) is 44.5 Å². The molecule has 1 fully saturated rings. The summed E-state index contributed by atoms with van der Waals surface area (Å²) in [5.74, 6) is 0. The first kappa shape index (κ1) is 13.0. The number of aliphatic hydroxyl groups excluding tert-OH is 1. The van der Waals surface area contributed by atoms with Gasteiger partial charge in [0.25, 0.3) is 0 Å². The third-order valence-electron chi connectivity index (χ3n) is 3.23. The number of hydrogen-bond acceptors (Lipinski definition) is 5. The van der Waals surface area contributed by atoms with E-state index >= 15 is 0 Å². The molecule has 0 bridgehead atoms. The zero-order valence-electron chi connectivity index (χ0n) is 10.4. The summed E-state index contributed by atoms with van der Waals surface area (Å²) in [6, 6.07) is 0. The first-order chi connectivity index (χ1) is 8.49. The van der Waals surface area contributed by atoms with Crippen molar-refractivity contribution >= 4 is 5.69 Å². The molecule has 100 valence electrons. The number of aliphatic hydroxyl groups is 1. The second kappa shape index (κ2) is 5.03. The third kappa shape index (κ3) is 2.51. The second-order valence-electron chi connectivity index (χ2n) is 4.70. The molecule has 1 N–H and O–H groups in total. The summed E-state index contributed by atoms with van der Waals surface area (Å²) in [6.45, 7) is 1.86. The Morgan fingerprint density at radius 2 is 2.33 bits per heavy atom. The van der Waals surface area contributed by atoms with E-state index in [1.165, 1.54) is 10.9 Å². The van der Waals surface area contributed by atoms with Gasteiger partial charge in [-0.1, -0.05) is 0 Å². The van der Waals surface area contributed by atoms with Crippen molar-refractivity contribution in [1.82, 2.24) is 9.78 Å². The van der Waals surface area contributed by atoms with E-state index in [0.29, 0.717) is 25.0 Å². The maximum absolute atomic E-state index is 11.0. The lowest BCUT2D eigenvalue weighted by Crippen LogP contribution is -2.16. The van der Waals surface area contributed by atoms with E-state index in [2.05, 4.69) is 5.10 Å². The summed E-state index contributed by atoms with van der Waals surface area (Å²) < 4.78 is 7.25. The number of hydrogen-bond donors (Lipinski definition) is 1. The molecule has 1 aliphatic rings. The van der Waals surface area contributed by atoms with Crippen molar-refractivity contribution in [3.05, 3.63) is 22.0 Å². The summed E-state index contributed by atoms with van der Waals surface area (Å²) in [6.07, 6.45) is 2.03. The fraction of sp³-hybridized carbons (Fsp3) is 0.727. The summed E-state index contributed by atoms with van der Waals surface area (Å²) in [4.78, 5) is 10.5. The molecule has 0 amide bonds. The van der Waals surface area contributed by atoms with E-state index in [4.69, 9.17) is 4.74 Å². The van der Waals surface area contributed by atoms with Crippen molar-refractivity contribution in [2.75, 3.05) is 0 Å². The van der Waals surface area contributed by atoms with Crippen LogP contribution in [0.5, 0.6) is 0 Å². The Hall–Kier alpha value is -1.47. The van der Waals surface area contributed by atoms with Crippen molar-refractivity contribution in [3.8, 4) is 0 Å². The van der Waals surface area contributed by atoms with Crippen LogP contribution in [0.1, 0.15) is 38.0 Å². The van der Waals surface area contributed by atoms with Crippen LogP contribution in [-0.2, 0) is 11.8 Å². The van der Waals surface area contributed by atoms with Crippen LogP contribution >= 0.6 is 0 Å². The quantitative estimate of drug-likeness (QED) is 0.635. The molecule has 7 heteroatoms. The van der Waals surface area contributed by atoms with Crippen LogP contribution < -0.4 is 0 Å². The Morgan fingerprint density at radius 1 is 1.61 bits per heavy atom. The van der Waals surface area contributed by atoms with Gasteiger partial charge in [0.15, 0.2) is 0 Å². The van der Waals surface area contributed by atoms with Crippen LogP contribution in [0.2, 0.25) is 0 Å². The molecule has 2 rings (SSSR count). The molecule has 3 atom stereocenters. The molecule has 1 aromatic rings. The van der Waals surface area contributed by atoms with Crippen LogP contribution in [0.4, 0.5) is 5.69 Å². The van der Waals surface area contributed by atoms with Gasteiger partial charge in [-0.25, -0.2) is 0 Å². The van der Waals surface area contributed by atoms with Gasteiger partial charge in [0, 0.05) is 7.05 Å². The predicted octanol–water partition coefficient (Wildman–Crippen LogP) is 1.32. The number of rotatable bonds is 2. The summed E-state index contributed by atoms with van der Waals surface area (Å²) >= 11 is 0. The molecular formula is C11H17N3O4. The molecule has 0 saturated carbocycles. The van der Waals surface area contributed by atoms with Crippen molar-refractivity contribution in [2.24, 2.45) is 7.05 Å².